The first-order valence-electron chi connectivity index (χ1n) is 8.45. The van der Waals surface area contributed by atoms with Crippen molar-refractivity contribution in [1.82, 2.24) is 4.67 Å². The standard InChI is InChI=1S/C19H22NO4P/c1-2-23-19(21)15-20-13-6-14-24-25(20,22)18-11-9-17(10-12-18)16-7-4-3-5-8-16/h3-5,7-12H,2,6,13-15H2,1H3. The molecule has 132 valence electrons. The Balaban J connectivity index is 1.84. The van der Waals surface area contributed by atoms with Gasteiger partial charge in [0.1, 0.15) is 6.54 Å². The lowest BCUT2D eigenvalue weighted by Crippen LogP contribution is -2.37. The van der Waals surface area contributed by atoms with E-state index in [0.29, 0.717) is 25.1 Å². The Morgan fingerprint density at radius 2 is 1.80 bits per heavy atom. The first-order valence-corrected chi connectivity index (χ1v) is 10.0. The van der Waals surface area contributed by atoms with E-state index in [1.165, 1.54) is 0 Å². The molecule has 1 aliphatic rings. The molecular weight excluding hydrogens is 337 g/mol. The Labute approximate surface area is 148 Å². The van der Waals surface area contributed by atoms with Gasteiger partial charge in [0.2, 0.25) is 0 Å². The highest BCUT2D eigenvalue weighted by Crippen LogP contribution is 2.52. The third-order valence-corrected chi connectivity index (χ3v) is 6.69. The Morgan fingerprint density at radius 3 is 2.48 bits per heavy atom. The third-order valence-electron chi connectivity index (χ3n) is 4.12. The fourth-order valence-corrected chi connectivity index (χ4v) is 5.13. The van der Waals surface area contributed by atoms with E-state index < -0.39 is 7.52 Å². The van der Waals surface area contributed by atoms with Crippen LogP contribution in [0, 0.1) is 0 Å². The van der Waals surface area contributed by atoms with Gasteiger partial charge in [-0.15, -0.1) is 0 Å². The van der Waals surface area contributed by atoms with E-state index in [1.807, 2.05) is 54.6 Å². The van der Waals surface area contributed by atoms with Crippen molar-refractivity contribution >= 4 is 18.8 Å². The second-order valence-electron chi connectivity index (χ2n) is 5.81. The summed E-state index contributed by atoms with van der Waals surface area (Å²) in [4.78, 5) is 11.8. The van der Waals surface area contributed by atoms with E-state index in [9.17, 15) is 9.36 Å². The summed E-state index contributed by atoms with van der Waals surface area (Å²) in [5.74, 6) is -0.380. The van der Waals surface area contributed by atoms with E-state index >= 15 is 0 Å². The predicted octanol–water partition coefficient (Wildman–Crippen LogP) is 3.46. The third kappa shape index (κ3) is 4.01. The fourth-order valence-electron chi connectivity index (χ4n) is 2.89. The molecule has 25 heavy (non-hydrogen) atoms. The van der Waals surface area contributed by atoms with Crippen LogP contribution < -0.4 is 5.30 Å². The van der Waals surface area contributed by atoms with Gasteiger partial charge in [-0.2, -0.15) is 0 Å². The van der Waals surface area contributed by atoms with Crippen LogP contribution >= 0.6 is 7.52 Å². The fraction of sp³-hybridized carbons (Fsp3) is 0.316. The van der Waals surface area contributed by atoms with Crippen LogP contribution in [0.2, 0.25) is 0 Å². The molecule has 1 fully saturated rings. The zero-order chi connectivity index (χ0) is 17.7. The zero-order valence-electron chi connectivity index (χ0n) is 14.3. The number of nitrogens with zero attached hydrogens (tertiary/aromatic N) is 1. The average Bonchev–Trinajstić information content (AvgIpc) is 2.65. The molecule has 0 saturated carbocycles. The van der Waals surface area contributed by atoms with Crippen molar-refractivity contribution in [3.8, 4) is 11.1 Å². The lowest BCUT2D eigenvalue weighted by molar-refractivity contribution is -0.143. The van der Waals surface area contributed by atoms with Crippen LogP contribution in [0.5, 0.6) is 0 Å². The summed E-state index contributed by atoms with van der Waals surface area (Å²) in [5.41, 5.74) is 2.14. The van der Waals surface area contributed by atoms with E-state index in [2.05, 4.69) is 0 Å². The monoisotopic (exact) mass is 359 g/mol. The molecule has 0 aromatic heterocycles. The molecule has 1 saturated heterocycles. The Kier molecular flexibility index (Phi) is 5.69. The Morgan fingerprint density at radius 1 is 1.12 bits per heavy atom. The summed E-state index contributed by atoms with van der Waals surface area (Å²) in [7, 11) is -3.23. The molecule has 0 N–H and O–H groups in total. The number of hydrogen-bond donors (Lipinski definition) is 0. The van der Waals surface area contributed by atoms with E-state index in [1.54, 1.807) is 11.6 Å². The van der Waals surface area contributed by atoms with Gasteiger partial charge in [0.25, 0.3) is 0 Å². The highest BCUT2D eigenvalue weighted by molar-refractivity contribution is 7.64. The molecule has 6 heteroatoms. The predicted molar refractivity (Wildman–Crippen MR) is 97.9 cm³/mol. The number of rotatable bonds is 5. The maximum Gasteiger partial charge on any atom is 0.320 e. The van der Waals surface area contributed by atoms with Crippen LogP contribution in [-0.2, 0) is 18.6 Å². The SMILES string of the molecule is CCOC(=O)CN1CCCOP1(=O)c1ccc(-c2ccccc2)cc1. The second-order valence-corrected chi connectivity index (χ2v) is 8.19. The lowest BCUT2D eigenvalue weighted by atomic mass is 10.1. The van der Waals surface area contributed by atoms with E-state index in [4.69, 9.17) is 9.26 Å². The molecule has 3 rings (SSSR count). The van der Waals surface area contributed by atoms with Gasteiger partial charge in [0.05, 0.1) is 18.5 Å². The van der Waals surface area contributed by atoms with Crippen molar-refractivity contribution in [2.75, 3.05) is 26.3 Å². The number of carbonyl (C=O) groups excluding carboxylic acids is 1. The summed E-state index contributed by atoms with van der Waals surface area (Å²) >= 11 is 0. The van der Waals surface area contributed by atoms with Gasteiger partial charge in [-0.1, -0.05) is 42.5 Å². The first-order chi connectivity index (χ1) is 12.1. The van der Waals surface area contributed by atoms with Crippen molar-refractivity contribution in [2.45, 2.75) is 13.3 Å². The van der Waals surface area contributed by atoms with Crippen molar-refractivity contribution < 1.29 is 18.6 Å². The van der Waals surface area contributed by atoms with Crippen molar-refractivity contribution in [1.29, 1.82) is 0 Å². The topological polar surface area (TPSA) is 55.8 Å². The maximum atomic E-state index is 13.4. The molecule has 5 nitrogen and oxygen atoms in total. The van der Waals surface area contributed by atoms with Crippen molar-refractivity contribution in [3.05, 3.63) is 54.6 Å². The number of benzene rings is 2. The maximum absolute atomic E-state index is 13.4. The number of esters is 1. The smallest absolute Gasteiger partial charge is 0.320 e. The normalized spacial score (nSPS) is 21.0. The summed E-state index contributed by atoms with van der Waals surface area (Å²) in [6.07, 6.45) is 0.742. The number of carbonyl (C=O) groups is 1. The minimum atomic E-state index is -3.23. The van der Waals surface area contributed by atoms with Crippen molar-refractivity contribution in [2.24, 2.45) is 0 Å². The zero-order valence-corrected chi connectivity index (χ0v) is 15.2. The van der Waals surface area contributed by atoms with Crippen molar-refractivity contribution in [3.63, 3.8) is 0 Å². The van der Waals surface area contributed by atoms with Gasteiger partial charge in [-0.05, 0) is 36.6 Å². The van der Waals surface area contributed by atoms with Gasteiger partial charge in [0.15, 0.2) is 0 Å². The summed E-state index contributed by atoms with van der Waals surface area (Å²) < 4.78 is 25.7. The van der Waals surface area contributed by atoms with Gasteiger partial charge in [-0.3, -0.25) is 9.36 Å². The lowest BCUT2D eigenvalue weighted by Gasteiger charge is -2.34. The molecule has 0 bridgehead atoms. The minimum Gasteiger partial charge on any atom is -0.465 e. The van der Waals surface area contributed by atoms with Crippen LogP contribution in [0.3, 0.4) is 0 Å². The highest BCUT2D eigenvalue weighted by atomic mass is 31.2. The number of ether oxygens (including phenoxy) is 1. The molecule has 0 radical (unpaired) electrons. The minimum absolute atomic E-state index is 0.0223. The van der Waals surface area contributed by atoms with Crippen LogP contribution in [0.15, 0.2) is 54.6 Å². The molecule has 2 aromatic carbocycles. The van der Waals surface area contributed by atoms with Crippen LogP contribution in [-0.4, -0.2) is 36.9 Å². The first kappa shape index (κ1) is 17.9. The van der Waals surface area contributed by atoms with E-state index in [-0.39, 0.29) is 12.5 Å². The van der Waals surface area contributed by atoms with Crippen LogP contribution in [0.4, 0.5) is 0 Å². The Hall–Kier alpha value is -1.94. The molecule has 1 aliphatic heterocycles. The van der Waals surface area contributed by atoms with Gasteiger partial charge in [-0.25, -0.2) is 4.67 Å². The molecule has 1 unspecified atom stereocenters. The summed E-state index contributed by atoms with van der Waals surface area (Å²) in [6.45, 7) is 3.02. The molecule has 1 atom stereocenters. The molecule has 0 amide bonds. The number of hydrogen-bond acceptors (Lipinski definition) is 4. The molecule has 2 aromatic rings. The quantitative estimate of drug-likeness (QED) is 0.604. The largest absolute Gasteiger partial charge is 0.465 e. The van der Waals surface area contributed by atoms with E-state index in [0.717, 1.165) is 17.5 Å². The van der Waals surface area contributed by atoms with Crippen LogP contribution in [0.1, 0.15) is 13.3 Å². The van der Waals surface area contributed by atoms with Crippen LogP contribution in [0.25, 0.3) is 11.1 Å². The second kappa shape index (κ2) is 7.96. The van der Waals surface area contributed by atoms with Gasteiger partial charge >= 0.3 is 13.5 Å². The average molecular weight is 359 g/mol. The molecule has 0 aliphatic carbocycles. The molecule has 1 heterocycles. The highest BCUT2D eigenvalue weighted by Gasteiger charge is 2.38. The molecule has 0 spiro atoms. The van der Waals surface area contributed by atoms with Gasteiger partial charge < -0.3 is 9.26 Å². The molecular formula is C19H22NO4P. The van der Waals surface area contributed by atoms with Gasteiger partial charge in [0, 0.05) is 6.54 Å². The Bertz CT molecular complexity index is 761. The summed E-state index contributed by atoms with van der Waals surface area (Å²) in [5, 5.41) is 0.608. The summed E-state index contributed by atoms with van der Waals surface area (Å²) in [6, 6.07) is 17.5.